The highest BCUT2D eigenvalue weighted by atomic mass is 35.5. The second-order valence-electron chi connectivity index (χ2n) is 8.77. The van der Waals surface area contributed by atoms with Crippen LogP contribution < -0.4 is 21.5 Å². The average Bonchev–Trinajstić information content (AvgIpc) is 3.27. The maximum absolute atomic E-state index is 13.2. The van der Waals surface area contributed by atoms with E-state index in [9.17, 15) is 9.59 Å². The molecule has 0 aliphatic carbocycles. The van der Waals surface area contributed by atoms with Gasteiger partial charge in [0.05, 0.1) is 6.54 Å². The van der Waals surface area contributed by atoms with Gasteiger partial charge in [0.25, 0.3) is 5.56 Å². The molecular formula is C25H26ClN7O2S. The first kappa shape index (κ1) is 24.1. The monoisotopic (exact) mass is 523 g/mol. The molecule has 186 valence electrons. The van der Waals surface area contributed by atoms with Crippen molar-refractivity contribution in [1.29, 1.82) is 0 Å². The lowest BCUT2D eigenvalue weighted by Gasteiger charge is -2.36. The standard InChI is InChI=1S/C25H26ClN7O2S/c1-29-21-20(22(34)30(2)25(29)35)33(16-17-8-10-18(26)11-9-17)23(28-21)31-12-14-32(15-13-31)24(36)27-19-6-4-3-5-7-19/h3-11H,12-16H2,1-2H3,(H,27,36). The van der Waals surface area contributed by atoms with Crippen LogP contribution in [0.3, 0.4) is 0 Å². The average molecular weight is 524 g/mol. The number of benzene rings is 2. The summed E-state index contributed by atoms with van der Waals surface area (Å²) in [5, 5.41) is 4.60. The molecule has 0 spiro atoms. The Morgan fingerprint density at radius 3 is 2.31 bits per heavy atom. The Kier molecular flexibility index (Phi) is 6.55. The number of aryl methyl sites for hydroxylation is 1. The molecule has 36 heavy (non-hydrogen) atoms. The van der Waals surface area contributed by atoms with Gasteiger partial charge in [-0.3, -0.25) is 18.5 Å². The SMILES string of the molecule is Cn1c(=O)c2c(nc(N3CCN(C(=S)Nc4ccccc4)CC3)n2Cc2ccc(Cl)cc2)n(C)c1=O. The molecule has 4 aromatic rings. The van der Waals surface area contributed by atoms with Crippen molar-refractivity contribution in [3.8, 4) is 0 Å². The summed E-state index contributed by atoms with van der Waals surface area (Å²) in [5.74, 6) is 0.653. The molecule has 0 unspecified atom stereocenters. The summed E-state index contributed by atoms with van der Waals surface area (Å²) < 4.78 is 4.45. The Balaban J connectivity index is 1.46. The van der Waals surface area contributed by atoms with E-state index in [1.165, 1.54) is 11.6 Å². The van der Waals surface area contributed by atoms with E-state index in [0.29, 0.717) is 60.0 Å². The molecule has 11 heteroatoms. The molecule has 0 amide bonds. The van der Waals surface area contributed by atoms with E-state index in [2.05, 4.69) is 15.1 Å². The molecule has 2 aromatic heterocycles. The van der Waals surface area contributed by atoms with Crippen LogP contribution in [-0.4, -0.2) is 54.9 Å². The van der Waals surface area contributed by atoms with Crippen molar-refractivity contribution in [3.05, 3.63) is 86.0 Å². The van der Waals surface area contributed by atoms with Gasteiger partial charge >= 0.3 is 5.69 Å². The first-order valence-corrected chi connectivity index (χ1v) is 12.4. The molecular weight excluding hydrogens is 498 g/mol. The number of hydrogen-bond donors (Lipinski definition) is 1. The molecule has 9 nitrogen and oxygen atoms in total. The normalized spacial score (nSPS) is 13.9. The van der Waals surface area contributed by atoms with E-state index in [4.69, 9.17) is 28.8 Å². The quantitative estimate of drug-likeness (QED) is 0.412. The number of rotatable bonds is 4. The van der Waals surface area contributed by atoms with Gasteiger partial charge < -0.3 is 15.1 Å². The first-order chi connectivity index (χ1) is 17.3. The van der Waals surface area contributed by atoms with Crippen molar-refractivity contribution in [1.82, 2.24) is 23.6 Å². The van der Waals surface area contributed by atoms with Crippen molar-refractivity contribution in [2.75, 3.05) is 36.4 Å². The van der Waals surface area contributed by atoms with E-state index in [1.807, 2.05) is 59.2 Å². The van der Waals surface area contributed by atoms with Crippen LogP contribution in [0.1, 0.15) is 5.56 Å². The van der Waals surface area contributed by atoms with Crippen LogP contribution in [0.5, 0.6) is 0 Å². The van der Waals surface area contributed by atoms with Crippen molar-refractivity contribution in [2.24, 2.45) is 14.1 Å². The van der Waals surface area contributed by atoms with E-state index < -0.39 is 5.69 Å². The lowest BCUT2D eigenvalue weighted by atomic mass is 10.2. The fourth-order valence-electron chi connectivity index (χ4n) is 4.43. The topological polar surface area (TPSA) is 80.3 Å². The third-order valence-corrected chi connectivity index (χ3v) is 7.07. The highest BCUT2D eigenvalue weighted by Gasteiger charge is 2.26. The van der Waals surface area contributed by atoms with Gasteiger partial charge in [-0.1, -0.05) is 41.9 Å². The minimum absolute atomic E-state index is 0.368. The predicted octanol–water partition coefficient (Wildman–Crippen LogP) is 2.65. The zero-order chi connectivity index (χ0) is 25.4. The van der Waals surface area contributed by atoms with E-state index >= 15 is 0 Å². The minimum atomic E-state index is -0.405. The molecule has 0 atom stereocenters. The largest absolute Gasteiger partial charge is 0.345 e. The molecule has 2 aromatic carbocycles. The number of para-hydroxylation sites is 1. The van der Waals surface area contributed by atoms with Crippen LogP contribution in [0, 0.1) is 0 Å². The Labute approximate surface area is 218 Å². The molecule has 1 aliphatic heterocycles. The van der Waals surface area contributed by atoms with Crippen molar-refractivity contribution >= 4 is 51.7 Å². The Bertz CT molecular complexity index is 1540. The van der Waals surface area contributed by atoms with Gasteiger partial charge in [-0.25, -0.2) is 4.79 Å². The number of anilines is 2. The highest BCUT2D eigenvalue weighted by Crippen LogP contribution is 2.23. The van der Waals surface area contributed by atoms with Gasteiger partial charge in [0.2, 0.25) is 5.95 Å². The third kappa shape index (κ3) is 4.49. The predicted molar refractivity (Wildman–Crippen MR) is 147 cm³/mol. The second-order valence-corrected chi connectivity index (χ2v) is 9.60. The summed E-state index contributed by atoms with van der Waals surface area (Å²) in [7, 11) is 3.13. The molecule has 1 aliphatic rings. The molecule has 1 N–H and O–H groups in total. The van der Waals surface area contributed by atoms with Crippen LogP contribution in [0.4, 0.5) is 11.6 Å². The Morgan fingerprint density at radius 1 is 0.972 bits per heavy atom. The molecule has 0 bridgehead atoms. The smallest absolute Gasteiger partial charge is 0.332 e. The number of halogens is 1. The van der Waals surface area contributed by atoms with Gasteiger partial charge in [0.15, 0.2) is 16.3 Å². The fourth-order valence-corrected chi connectivity index (χ4v) is 4.86. The summed E-state index contributed by atoms with van der Waals surface area (Å²) in [6.07, 6.45) is 0. The van der Waals surface area contributed by atoms with Crippen LogP contribution in [0.15, 0.2) is 64.2 Å². The summed E-state index contributed by atoms with van der Waals surface area (Å²) in [5.41, 5.74) is 1.92. The number of imidazole rings is 1. The van der Waals surface area contributed by atoms with Crippen LogP contribution in [0.2, 0.25) is 5.02 Å². The molecule has 3 heterocycles. The summed E-state index contributed by atoms with van der Waals surface area (Å²) in [6.45, 7) is 3.13. The summed E-state index contributed by atoms with van der Waals surface area (Å²) in [4.78, 5) is 34.8. The Morgan fingerprint density at radius 2 is 1.64 bits per heavy atom. The third-order valence-electron chi connectivity index (χ3n) is 6.46. The van der Waals surface area contributed by atoms with Gasteiger partial charge in [-0.15, -0.1) is 0 Å². The number of nitrogens with one attached hydrogen (secondary N) is 1. The van der Waals surface area contributed by atoms with Gasteiger partial charge in [-0.2, -0.15) is 4.98 Å². The number of thiocarbonyl (C=S) groups is 1. The molecule has 1 saturated heterocycles. The maximum atomic E-state index is 13.2. The number of aromatic nitrogens is 4. The lowest BCUT2D eigenvalue weighted by molar-refractivity contribution is 0.386. The van der Waals surface area contributed by atoms with E-state index in [-0.39, 0.29) is 5.56 Å². The van der Waals surface area contributed by atoms with E-state index in [0.717, 1.165) is 15.8 Å². The van der Waals surface area contributed by atoms with Crippen molar-refractivity contribution < 1.29 is 0 Å². The molecule has 5 rings (SSSR count). The number of fused-ring (bicyclic) bond motifs is 1. The van der Waals surface area contributed by atoms with Crippen LogP contribution in [-0.2, 0) is 20.6 Å². The van der Waals surface area contributed by atoms with E-state index in [1.54, 1.807) is 7.05 Å². The van der Waals surface area contributed by atoms with Gasteiger partial charge in [0, 0.05) is 51.0 Å². The molecule has 0 radical (unpaired) electrons. The molecule has 1 fully saturated rings. The highest BCUT2D eigenvalue weighted by molar-refractivity contribution is 7.80. The van der Waals surface area contributed by atoms with Crippen LogP contribution >= 0.6 is 23.8 Å². The fraction of sp³-hybridized carbons (Fsp3) is 0.280. The van der Waals surface area contributed by atoms with Gasteiger partial charge in [0.1, 0.15) is 0 Å². The summed E-state index contributed by atoms with van der Waals surface area (Å²) >= 11 is 11.7. The molecule has 0 saturated carbocycles. The zero-order valence-corrected chi connectivity index (χ0v) is 21.6. The van der Waals surface area contributed by atoms with Crippen molar-refractivity contribution in [3.63, 3.8) is 0 Å². The lowest BCUT2D eigenvalue weighted by Crippen LogP contribution is -2.50. The maximum Gasteiger partial charge on any atom is 0.332 e. The summed E-state index contributed by atoms with van der Waals surface area (Å²) in [6, 6.07) is 17.3. The second kappa shape index (κ2) is 9.79. The number of hydrogen-bond acceptors (Lipinski definition) is 5. The number of nitrogens with zero attached hydrogens (tertiary/aromatic N) is 6. The number of piperazine rings is 1. The van der Waals surface area contributed by atoms with Gasteiger partial charge in [-0.05, 0) is 42.0 Å². The minimum Gasteiger partial charge on any atom is -0.345 e. The van der Waals surface area contributed by atoms with Crippen molar-refractivity contribution in [2.45, 2.75) is 6.54 Å². The Hall–Kier alpha value is -3.63. The zero-order valence-electron chi connectivity index (χ0n) is 20.0. The van der Waals surface area contributed by atoms with Crippen LogP contribution in [0.25, 0.3) is 11.2 Å². The first-order valence-electron chi connectivity index (χ1n) is 11.6.